The highest BCUT2D eigenvalue weighted by atomic mass is 15.0. The molecule has 0 N–H and O–H groups in total. The first-order chi connectivity index (χ1) is 10.1. The highest BCUT2D eigenvalue weighted by molar-refractivity contribution is 6.17. The maximum Gasteiger partial charge on any atom is 0.199 e. The average molecular weight is 281 g/mol. The minimum absolute atomic E-state index is 1.01. The molecule has 0 spiro atoms. The van der Waals surface area contributed by atoms with Gasteiger partial charge >= 0.3 is 0 Å². The minimum atomic E-state index is 1.01. The Morgan fingerprint density at radius 1 is 1.05 bits per heavy atom. The molecule has 21 heavy (non-hydrogen) atoms. The summed E-state index contributed by atoms with van der Waals surface area (Å²) in [4.78, 5) is 4.75. The number of aliphatic imine (C=N–C) groups is 1. The Hall–Kier alpha value is -1.96. The molecule has 1 aliphatic rings. The lowest BCUT2D eigenvalue weighted by molar-refractivity contribution is -0.491. The molecular weight excluding hydrogens is 256 g/mol. The van der Waals surface area contributed by atoms with Crippen LogP contribution in [0.1, 0.15) is 31.4 Å². The van der Waals surface area contributed by atoms with Crippen LogP contribution in [0.5, 0.6) is 0 Å². The second-order valence-electron chi connectivity index (χ2n) is 5.51. The van der Waals surface area contributed by atoms with Crippen molar-refractivity contribution in [2.75, 3.05) is 13.6 Å². The Balaban J connectivity index is 2.21. The highest BCUT2D eigenvalue weighted by Crippen LogP contribution is 2.21. The first-order valence-corrected chi connectivity index (χ1v) is 7.76. The SMILES string of the molecule is CCCc1ccc(N=C2C=CC(=[N+](C)CC)C=C2)c(C)c1. The first-order valence-electron chi connectivity index (χ1n) is 7.76. The van der Waals surface area contributed by atoms with E-state index in [0.717, 1.165) is 24.4 Å². The van der Waals surface area contributed by atoms with Gasteiger partial charge in [0.05, 0.1) is 11.4 Å². The van der Waals surface area contributed by atoms with Crippen LogP contribution in [0, 0.1) is 6.92 Å². The molecule has 0 aliphatic heterocycles. The molecule has 0 unspecified atom stereocenters. The van der Waals surface area contributed by atoms with Crippen LogP contribution in [0.2, 0.25) is 0 Å². The van der Waals surface area contributed by atoms with E-state index in [-0.39, 0.29) is 0 Å². The molecule has 0 atom stereocenters. The van der Waals surface area contributed by atoms with Gasteiger partial charge in [-0.25, -0.2) is 9.57 Å². The van der Waals surface area contributed by atoms with Gasteiger partial charge in [0.15, 0.2) is 5.71 Å². The van der Waals surface area contributed by atoms with Crippen molar-refractivity contribution in [3.8, 4) is 0 Å². The molecule has 0 fully saturated rings. The van der Waals surface area contributed by atoms with Gasteiger partial charge in [0.2, 0.25) is 0 Å². The van der Waals surface area contributed by atoms with Gasteiger partial charge < -0.3 is 0 Å². The van der Waals surface area contributed by atoms with E-state index >= 15 is 0 Å². The number of rotatable bonds is 4. The van der Waals surface area contributed by atoms with E-state index in [4.69, 9.17) is 4.99 Å². The molecule has 2 rings (SSSR count). The van der Waals surface area contributed by atoms with Crippen molar-refractivity contribution in [1.82, 2.24) is 0 Å². The minimum Gasteiger partial charge on any atom is -0.249 e. The molecule has 0 saturated carbocycles. The van der Waals surface area contributed by atoms with Gasteiger partial charge in [-0.1, -0.05) is 25.5 Å². The molecule has 0 saturated heterocycles. The lowest BCUT2D eigenvalue weighted by Crippen LogP contribution is -2.15. The van der Waals surface area contributed by atoms with Crippen molar-refractivity contribution in [1.29, 1.82) is 0 Å². The molecule has 1 aromatic rings. The Morgan fingerprint density at radius 2 is 1.76 bits per heavy atom. The summed E-state index contributed by atoms with van der Waals surface area (Å²) in [5.41, 5.74) is 5.94. The summed E-state index contributed by atoms with van der Waals surface area (Å²) in [5.74, 6) is 0. The Labute approximate surface area is 128 Å². The Morgan fingerprint density at radius 3 is 2.33 bits per heavy atom. The second kappa shape index (κ2) is 7.16. The van der Waals surface area contributed by atoms with Crippen molar-refractivity contribution in [2.45, 2.75) is 33.6 Å². The monoisotopic (exact) mass is 281 g/mol. The van der Waals surface area contributed by atoms with E-state index in [2.05, 4.69) is 74.9 Å². The quantitative estimate of drug-likeness (QED) is 0.579. The predicted molar refractivity (Wildman–Crippen MR) is 92.3 cm³/mol. The Kier molecular flexibility index (Phi) is 5.26. The zero-order chi connectivity index (χ0) is 15.2. The normalized spacial score (nSPS) is 13.7. The fourth-order valence-electron chi connectivity index (χ4n) is 2.39. The lowest BCUT2D eigenvalue weighted by Gasteiger charge is -2.06. The summed E-state index contributed by atoms with van der Waals surface area (Å²) < 4.78 is 2.22. The zero-order valence-electron chi connectivity index (χ0n) is 13.6. The maximum absolute atomic E-state index is 4.75. The first kappa shape index (κ1) is 15.4. The van der Waals surface area contributed by atoms with Gasteiger partial charge in [0.25, 0.3) is 0 Å². The third kappa shape index (κ3) is 4.01. The van der Waals surface area contributed by atoms with E-state index < -0.39 is 0 Å². The molecule has 2 heteroatoms. The maximum atomic E-state index is 4.75. The topological polar surface area (TPSA) is 15.4 Å². The fourth-order valence-corrected chi connectivity index (χ4v) is 2.39. The summed E-state index contributed by atoms with van der Waals surface area (Å²) in [6.07, 6.45) is 10.7. The number of aryl methyl sites for hydroxylation is 2. The van der Waals surface area contributed by atoms with E-state index in [9.17, 15) is 0 Å². The fraction of sp³-hybridized carbons (Fsp3) is 0.368. The molecule has 0 radical (unpaired) electrons. The van der Waals surface area contributed by atoms with Crippen molar-refractivity contribution in [3.05, 3.63) is 53.6 Å². The van der Waals surface area contributed by atoms with Gasteiger partial charge in [0.1, 0.15) is 13.6 Å². The van der Waals surface area contributed by atoms with E-state index in [1.807, 2.05) is 0 Å². The van der Waals surface area contributed by atoms with Crippen LogP contribution in [0.4, 0.5) is 5.69 Å². The van der Waals surface area contributed by atoms with Crippen molar-refractivity contribution >= 4 is 17.1 Å². The van der Waals surface area contributed by atoms with Gasteiger partial charge in [-0.15, -0.1) is 0 Å². The van der Waals surface area contributed by atoms with Crippen LogP contribution in [-0.2, 0) is 6.42 Å². The third-order valence-corrected chi connectivity index (χ3v) is 3.81. The van der Waals surface area contributed by atoms with E-state index in [1.165, 1.54) is 23.3 Å². The van der Waals surface area contributed by atoms with Gasteiger partial charge in [-0.3, -0.25) is 0 Å². The summed E-state index contributed by atoms with van der Waals surface area (Å²) in [7, 11) is 2.10. The molecule has 2 nitrogen and oxygen atoms in total. The molecule has 1 aromatic carbocycles. The lowest BCUT2D eigenvalue weighted by atomic mass is 10.1. The molecule has 0 bridgehead atoms. The van der Waals surface area contributed by atoms with Crippen LogP contribution in [0.15, 0.2) is 47.5 Å². The number of hydrogen-bond donors (Lipinski definition) is 0. The molecule has 0 heterocycles. The van der Waals surface area contributed by atoms with Gasteiger partial charge in [0, 0.05) is 12.2 Å². The molecule has 0 amide bonds. The van der Waals surface area contributed by atoms with Crippen LogP contribution in [0.3, 0.4) is 0 Å². The number of hydrogen-bond acceptors (Lipinski definition) is 1. The number of allylic oxidation sites excluding steroid dienone is 4. The van der Waals surface area contributed by atoms with E-state index in [0.29, 0.717) is 0 Å². The van der Waals surface area contributed by atoms with Crippen molar-refractivity contribution in [2.24, 2.45) is 4.99 Å². The second-order valence-corrected chi connectivity index (χ2v) is 5.51. The predicted octanol–water partition coefficient (Wildman–Crippen LogP) is 4.25. The summed E-state index contributed by atoms with van der Waals surface area (Å²) in [6.45, 7) is 7.51. The van der Waals surface area contributed by atoms with Crippen LogP contribution in [0.25, 0.3) is 0 Å². The van der Waals surface area contributed by atoms with E-state index in [1.54, 1.807) is 0 Å². The smallest absolute Gasteiger partial charge is 0.199 e. The van der Waals surface area contributed by atoms with Crippen molar-refractivity contribution in [3.63, 3.8) is 0 Å². The standard InChI is InChI=1S/C19H25N2/c1-5-7-16-8-13-19(15(3)14-16)20-17-9-11-18(12-10-17)21(4)6-2/h8-14H,5-7H2,1-4H3/q+1. The third-order valence-electron chi connectivity index (χ3n) is 3.81. The van der Waals surface area contributed by atoms with Gasteiger partial charge in [-0.2, -0.15) is 0 Å². The number of benzene rings is 1. The summed E-state index contributed by atoms with van der Waals surface area (Å²) >= 11 is 0. The molecule has 1 aliphatic carbocycles. The molecular formula is C19H25N2+. The van der Waals surface area contributed by atoms with Gasteiger partial charge in [-0.05, 0) is 49.6 Å². The largest absolute Gasteiger partial charge is 0.249 e. The van der Waals surface area contributed by atoms with Crippen LogP contribution < -0.4 is 0 Å². The Bertz CT molecular complexity index is 613. The number of nitrogens with zero attached hydrogens (tertiary/aromatic N) is 2. The molecule has 0 aromatic heterocycles. The van der Waals surface area contributed by atoms with Crippen molar-refractivity contribution < 1.29 is 4.58 Å². The highest BCUT2D eigenvalue weighted by Gasteiger charge is 2.07. The molecule has 110 valence electrons. The van der Waals surface area contributed by atoms with Crippen LogP contribution >= 0.6 is 0 Å². The summed E-state index contributed by atoms with van der Waals surface area (Å²) in [6, 6.07) is 6.57. The summed E-state index contributed by atoms with van der Waals surface area (Å²) in [5, 5.41) is 0. The average Bonchev–Trinajstić information content (AvgIpc) is 2.50. The van der Waals surface area contributed by atoms with Crippen LogP contribution in [-0.4, -0.2) is 29.6 Å². The zero-order valence-corrected chi connectivity index (χ0v) is 13.6.